The van der Waals surface area contributed by atoms with Crippen LogP contribution in [0, 0.1) is 6.92 Å². The van der Waals surface area contributed by atoms with Crippen molar-refractivity contribution in [3.8, 4) is 10.9 Å². The van der Waals surface area contributed by atoms with Gasteiger partial charge in [-0.25, -0.2) is 9.78 Å². The molecule has 0 spiro atoms. The number of nitrogens with zero attached hydrogens (tertiary/aromatic N) is 3. The van der Waals surface area contributed by atoms with Crippen molar-refractivity contribution in [1.82, 2.24) is 9.88 Å². The molecule has 33 heavy (non-hydrogen) atoms. The summed E-state index contributed by atoms with van der Waals surface area (Å²) in [4.78, 5) is 31.4. The average molecular weight is 487 g/mol. The highest BCUT2D eigenvalue weighted by atomic mass is 32.1. The van der Waals surface area contributed by atoms with Gasteiger partial charge >= 0.3 is 12.3 Å². The second kappa shape index (κ2) is 9.08. The van der Waals surface area contributed by atoms with Gasteiger partial charge in [-0.3, -0.25) is 4.79 Å². The molecule has 2 amide bonds. The predicted octanol–water partition coefficient (Wildman–Crippen LogP) is 4.42. The lowest BCUT2D eigenvalue weighted by Gasteiger charge is -2.37. The number of carbonyl (C=O) groups excluding carboxylic acids is 2. The number of amides is 2. The summed E-state index contributed by atoms with van der Waals surface area (Å²) in [6.07, 6.45) is -5.01. The highest BCUT2D eigenvalue weighted by Gasteiger charge is 2.33. The van der Waals surface area contributed by atoms with Gasteiger partial charge in [0.05, 0.1) is 16.9 Å². The number of rotatable bonds is 4. The molecule has 2 heterocycles. The molecule has 1 aliphatic rings. The van der Waals surface area contributed by atoms with Crippen molar-refractivity contribution in [1.29, 1.82) is 0 Å². The molecule has 0 bridgehead atoms. The van der Waals surface area contributed by atoms with E-state index in [-0.39, 0.29) is 15.8 Å². The number of anilines is 1. The van der Waals surface area contributed by atoms with E-state index in [1.54, 1.807) is 32.6 Å². The number of hydrogen-bond donors (Lipinski definition) is 1. The van der Waals surface area contributed by atoms with E-state index in [1.165, 1.54) is 6.07 Å². The SMILES string of the molecule is Cc1nc(Oc2cc(C(F)(F)F)ccc2N2CCN(C(=O)OC(C)(C)C)CC2)sc1C(N)=O. The smallest absolute Gasteiger partial charge is 0.416 e. The number of alkyl halides is 3. The molecule has 2 aromatic rings. The van der Waals surface area contributed by atoms with Crippen molar-refractivity contribution >= 4 is 29.0 Å². The number of nitrogens with two attached hydrogens (primary N) is 1. The fourth-order valence-electron chi connectivity index (χ4n) is 3.23. The maximum atomic E-state index is 13.3. The average Bonchev–Trinajstić information content (AvgIpc) is 3.06. The van der Waals surface area contributed by atoms with E-state index >= 15 is 0 Å². The molecule has 1 aliphatic heterocycles. The normalized spacial score (nSPS) is 14.9. The summed E-state index contributed by atoms with van der Waals surface area (Å²) >= 11 is 0.864. The fourth-order valence-corrected chi connectivity index (χ4v) is 4.01. The lowest BCUT2D eigenvalue weighted by atomic mass is 10.1. The minimum Gasteiger partial charge on any atom is -0.444 e. The van der Waals surface area contributed by atoms with Gasteiger partial charge in [0, 0.05) is 26.2 Å². The highest BCUT2D eigenvalue weighted by molar-refractivity contribution is 7.15. The number of piperazine rings is 1. The first-order chi connectivity index (χ1) is 15.2. The number of halogens is 3. The van der Waals surface area contributed by atoms with Gasteiger partial charge < -0.3 is 25.0 Å². The summed E-state index contributed by atoms with van der Waals surface area (Å²) in [5, 5.41) is 0.00858. The third kappa shape index (κ3) is 6.06. The van der Waals surface area contributed by atoms with Crippen LogP contribution in [0.2, 0.25) is 0 Å². The minimum absolute atomic E-state index is 0.00858. The molecule has 0 unspecified atom stereocenters. The number of thiazole rings is 1. The molecular weight excluding hydrogens is 461 g/mol. The van der Waals surface area contributed by atoms with Crippen LogP contribution in [0.3, 0.4) is 0 Å². The molecule has 180 valence electrons. The Hall–Kier alpha value is -3.02. The first-order valence-electron chi connectivity index (χ1n) is 10.1. The monoisotopic (exact) mass is 486 g/mol. The van der Waals surface area contributed by atoms with Crippen LogP contribution >= 0.6 is 11.3 Å². The van der Waals surface area contributed by atoms with Gasteiger partial charge in [0.15, 0.2) is 5.75 Å². The second-order valence-electron chi connectivity index (χ2n) is 8.50. The van der Waals surface area contributed by atoms with E-state index in [4.69, 9.17) is 15.2 Å². The molecule has 1 aromatic heterocycles. The summed E-state index contributed by atoms with van der Waals surface area (Å²) in [5.74, 6) is -0.748. The molecule has 1 aromatic carbocycles. The van der Waals surface area contributed by atoms with Crippen LogP contribution in [0.1, 0.15) is 41.7 Å². The van der Waals surface area contributed by atoms with E-state index < -0.39 is 29.3 Å². The van der Waals surface area contributed by atoms with Crippen molar-refractivity contribution in [2.24, 2.45) is 5.73 Å². The lowest BCUT2D eigenvalue weighted by molar-refractivity contribution is -0.137. The van der Waals surface area contributed by atoms with E-state index in [1.807, 2.05) is 4.90 Å². The van der Waals surface area contributed by atoms with Crippen LogP contribution in [0.5, 0.6) is 10.9 Å². The fraction of sp³-hybridized carbons (Fsp3) is 0.476. The summed E-state index contributed by atoms with van der Waals surface area (Å²) in [7, 11) is 0. The number of hydrogen-bond acceptors (Lipinski definition) is 7. The topological polar surface area (TPSA) is 98.0 Å². The van der Waals surface area contributed by atoms with Gasteiger partial charge in [0.2, 0.25) is 0 Å². The number of aromatic nitrogens is 1. The minimum atomic E-state index is -4.57. The van der Waals surface area contributed by atoms with Crippen molar-refractivity contribution in [2.45, 2.75) is 39.5 Å². The third-order valence-corrected chi connectivity index (χ3v) is 5.81. The van der Waals surface area contributed by atoms with Crippen molar-refractivity contribution in [3.05, 3.63) is 34.3 Å². The molecule has 3 rings (SSSR count). The van der Waals surface area contributed by atoms with E-state index in [2.05, 4.69) is 4.98 Å². The standard InChI is InChI=1S/C21H25F3N4O4S/c1-12-16(17(25)29)33-18(26-12)31-15-11-13(21(22,23)24)5-6-14(15)27-7-9-28(10-8-27)19(30)32-20(2,3)4/h5-6,11H,7-10H2,1-4H3,(H2,25,29). The van der Waals surface area contributed by atoms with E-state index in [0.29, 0.717) is 37.6 Å². The first-order valence-corrected chi connectivity index (χ1v) is 11.0. The molecule has 0 radical (unpaired) electrons. The number of carbonyl (C=O) groups is 2. The number of aryl methyl sites for hydroxylation is 1. The largest absolute Gasteiger partial charge is 0.444 e. The summed E-state index contributed by atoms with van der Waals surface area (Å²) in [6.45, 7) is 8.28. The van der Waals surface area contributed by atoms with Gasteiger partial charge in [0.1, 0.15) is 10.5 Å². The van der Waals surface area contributed by atoms with Gasteiger partial charge in [-0.1, -0.05) is 11.3 Å². The third-order valence-electron chi connectivity index (χ3n) is 4.76. The van der Waals surface area contributed by atoms with Crippen molar-refractivity contribution in [2.75, 3.05) is 31.1 Å². The zero-order chi connectivity index (χ0) is 24.6. The number of primary amides is 1. The summed E-state index contributed by atoms with van der Waals surface area (Å²) < 4.78 is 51.1. The Morgan fingerprint density at radius 2 is 1.76 bits per heavy atom. The maximum Gasteiger partial charge on any atom is 0.416 e. The van der Waals surface area contributed by atoms with E-state index in [9.17, 15) is 22.8 Å². The highest BCUT2D eigenvalue weighted by Crippen LogP contribution is 2.40. The van der Waals surface area contributed by atoms with Crippen molar-refractivity contribution in [3.63, 3.8) is 0 Å². The molecule has 12 heteroatoms. The predicted molar refractivity (Wildman–Crippen MR) is 117 cm³/mol. The van der Waals surface area contributed by atoms with Gasteiger partial charge in [-0.05, 0) is 45.9 Å². The van der Waals surface area contributed by atoms with Gasteiger partial charge in [-0.15, -0.1) is 0 Å². The summed E-state index contributed by atoms with van der Waals surface area (Å²) in [5.41, 5.74) is 4.55. The summed E-state index contributed by atoms with van der Waals surface area (Å²) in [6, 6.07) is 3.21. The Morgan fingerprint density at radius 3 is 2.27 bits per heavy atom. The zero-order valence-corrected chi connectivity index (χ0v) is 19.5. The Kier molecular flexibility index (Phi) is 6.78. The molecule has 0 saturated carbocycles. The zero-order valence-electron chi connectivity index (χ0n) is 18.7. The van der Waals surface area contributed by atoms with Gasteiger partial charge in [-0.2, -0.15) is 13.2 Å². The van der Waals surface area contributed by atoms with Crippen LogP contribution in [-0.4, -0.2) is 53.7 Å². The number of benzene rings is 1. The Labute approximate surface area is 193 Å². The molecular formula is C21H25F3N4O4S. The Bertz CT molecular complexity index is 1040. The molecule has 2 N–H and O–H groups in total. The first kappa shape index (κ1) is 24.6. The molecule has 0 atom stereocenters. The second-order valence-corrected chi connectivity index (χ2v) is 9.46. The lowest BCUT2D eigenvalue weighted by Crippen LogP contribution is -2.50. The van der Waals surface area contributed by atoms with Crippen LogP contribution in [0.4, 0.5) is 23.7 Å². The maximum absolute atomic E-state index is 13.3. The van der Waals surface area contributed by atoms with E-state index in [0.717, 1.165) is 23.5 Å². The van der Waals surface area contributed by atoms with Crippen LogP contribution in [0.25, 0.3) is 0 Å². The van der Waals surface area contributed by atoms with Crippen LogP contribution < -0.4 is 15.4 Å². The van der Waals surface area contributed by atoms with Crippen LogP contribution in [0.15, 0.2) is 18.2 Å². The molecule has 8 nitrogen and oxygen atoms in total. The molecule has 1 fully saturated rings. The van der Waals surface area contributed by atoms with Crippen molar-refractivity contribution < 1.29 is 32.2 Å². The van der Waals surface area contributed by atoms with Crippen LogP contribution in [-0.2, 0) is 10.9 Å². The Balaban J connectivity index is 1.84. The van der Waals surface area contributed by atoms with Gasteiger partial charge in [0.25, 0.3) is 11.1 Å². The molecule has 0 aliphatic carbocycles. The molecule has 1 saturated heterocycles. The quantitative estimate of drug-likeness (QED) is 0.687. The Morgan fingerprint density at radius 1 is 1.12 bits per heavy atom. The number of ether oxygens (including phenoxy) is 2.